The summed E-state index contributed by atoms with van der Waals surface area (Å²) in [5.41, 5.74) is 1.08. The van der Waals surface area contributed by atoms with Crippen LogP contribution in [0.15, 0.2) is 46.3 Å². The monoisotopic (exact) mass is 322 g/mol. The third-order valence-electron chi connectivity index (χ3n) is 2.80. The van der Waals surface area contributed by atoms with Crippen LogP contribution in [-0.4, -0.2) is 5.78 Å². The van der Waals surface area contributed by atoms with Crippen molar-refractivity contribution >= 4 is 33.0 Å². The maximum Gasteiger partial charge on any atom is 0.137 e. The number of rotatable bonds is 6. The Hall–Kier alpha value is -0.930. The third kappa shape index (κ3) is 4.07. The number of Topliss-reactive ketones (excluding diaryl/α,β-unsaturated/α-hetero) is 1. The predicted octanol–water partition coefficient (Wildman–Crippen LogP) is 4.65. The van der Waals surface area contributed by atoms with Crippen LogP contribution >= 0.6 is 27.3 Å². The van der Waals surface area contributed by atoms with Gasteiger partial charge in [-0.3, -0.25) is 4.79 Å². The molecule has 0 fully saturated rings. The lowest BCUT2D eigenvalue weighted by atomic mass is 10.0. The molecule has 94 valence electrons. The summed E-state index contributed by atoms with van der Waals surface area (Å²) in [6.45, 7) is 0. The van der Waals surface area contributed by atoms with Gasteiger partial charge in [0.15, 0.2) is 0 Å². The molecule has 0 saturated carbocycles. The van der Waals surface area contributed by atoms with Gasteiger partial charge in [0.1, 0.15) is 5.78 Å². The molecule has 1 aromatic carbocycles. The van der Waals surface area contributed by atoms with Crippen molar-refractivity contribution in [3.8, 4) is 0 Å². The van der Waals surface area contributed by atoms with Crippen molar-refractivity contribution in [1.82, 2.24) is 0 Å². The molecule has 1 nitrogen and oxygen atoms in total. The molecule has 0 radical (unpaired) electrons. The Morgan fingerprint density at radius 2 is 2.00 bits per heavy atom. The summed E-state index contributed by atoms with van der Waals surface area (Å²) in [6, 6.07) is 12.1. The number of hydrogen-bond acceptors (Lipinski definition) is 2. The number of carbonyl (C=O) groups is 1. The Bertz CT molecular complexity index is 505. The van der Waals surface area contributed by atoms with Crippen LogP contribution in [0.25, 0.3) is 0 Å². The van der Waals surface area contributed by atoms with Gasteiger partial charge in [0, 0.05) is 22.2 Å². The van der Waals surface area contributed by atoms with E-state index in [-0.39, 0.29) is 0 Å². The summed E-state index contributed by atoms with van der Waals surface area (Å²) in [5, 5.41) is 2.08. The lowest BCUT2D eigenvalue weighted by molar-refractivity contribution is -0.118. The minimum Gasteiger partial charge on any atom is -0.299 e. The number of hydrogen-bond donors (Lipinski definition) is 0. The zero-order valence-electron chi connectivity index (χ0n) is 10.1. The van der Waals surface area contributed by atoms with Gasteiger partial charge >= 0.3 is 0 Å². The average molecular weight is 323 g/mol. The number of thiophene rings is 1. The predicted molar refractivity (Wildman–Crippen MR) is 80.1 cm³/mol. The van der Waals surface area contributed by atoms with Gasteiger partial charge in [-0.05, 0) is 35.9 Å². The molecule has 0 aliphatic rings. The van der Waals surface area contributed by atoms with Crippen LogP contribution in [0.1, 0.15) is 23.3 Å². The van der Waals surface area contributed by atoms with E-state index in [1.165, 1.54) is 4.88 Å². The van der Waals surface area contributed by atoms with Crippen LogP contribution in [0.4, 0.5) is 0 Å². The minimum absolute atomic E-state index is 0.318. The van der Waals surface area contributed by atoms with Gasteiger partial charge in [-0.15, -0.1) is 11.3 Å². The van der Waals surface area contributed by atoms with Gasteiger partial charge in [-0.1, -0.05) is 40.2 Å². The van der Waals surface area contributed by atoms with Crippen molar-refractivity contribution in [2.24, 2.45) is 0 Å². The highest BCUT2D eigenvalue weighted by Crippen LogP contribution is 2.18. The van der Waals surface area contributed by atoms with Crippen molar-refractivity contribution in [3.63, 3.8) is 0 Å². The summed E-state index contributed by atoms with van der Waals surface area (Å²) in [7, 11) is 0. The van der Waals surface area contributed by atoms with Crippen molar-refractivity contribution in [3.05, 3.63) is 56.7 Å². The number of benzene rings is 1. The highest BCUT2D eigenvalue weighted by atomic mass is 79.9. The molecule has 1 heterocycles. The smallest absolute Gasteiger partial charge is 0.137 e. The van der Waals surface area contributed by atoms with Gasteiger partial charge in [0.2, 0.25) is 0 Å². The minimum atomic E-state index is 0.318. The van der Waals surface area contributed by atoms with E-state index in [2.05, 4.69) is 33.4 Å². The summed E-state index contributed by atoms with van der Waals surface area (Å²) < 4.78 is 1.02. The standard InChI is InChI=1S/C15H15BrOS/c16-15-9-2-1-5-12(15)11-13(17)6-3-7-14-8-4-10-18-14/h1-2,4-5,8-10H,3,6-7,11H2. The second-order valence-electron chi connectivity index (χ2n) is 4.24. The van der Waals surface area contributed by atoms with E-state index in [0.717, 1.165) is 22.9 Å². The second kappa shape index (κ2) is 6.86. The zero-order chi connectivity index (χ0) is 12.8. The van der Waals surface area contributed by atoms with Crippen LogP contribution in [0.2, 0.25) is 0 Å². The van der Waals surface area contributed by atoms with Gasteiger partial charge in [-0.25, -0.2) is 0 Å². The summed E-state index contributed by atoms with van der Waals surface area (Å²) in [5.74, 6) is 0.318. The third-order valence-corrected chi connectivity index (χ3v) is 4.51. The molecule has 0 saturated heterocycles. The van der Waals surface area contributed by atoms with E-state index in [4.69, 9.17) is 0 Å². The number of carbonyl (C=O) groups excluding carboxylic acids is 1. The van der Waals surface area contributed by atoms with Gasteiger partial charge in [0.25, 0.3) is 0 Å². The zero-order valence-corrected chi connectivity index (χ0v) is 12.5. The molecule has 3 heteroatoms. The van der Waals surface area contributed by atoms with E-state index < -0.39 is 0 Å². The van der Waals surface area contributed by atoms with E-state index in [1.807, 2.05) is 24.3 Å². The van der Waals surface area contributed by atoms with Crippen LogP contribution < -0.4 is 0 Å². The van der Waals surface area contributed by atoms with E-state index in [0.29, 0.717) is 18.6 Å². The molecule has 2 rings (SSSR count). The fraction of sp³-hybridized carbons (Fsp3) is 0.267. The maximum atomic E-state index is 11.9. The van der Waals surface area contributed by atoms with Crippen LogP contribution in [0.5, 0.6) is 0 Å². The van der Waals surface area contributed by atoms with E-state index in [1.54, 1.807) is 11.3 Å². The maximum absolute atomic E-state index is 11.9. The molecular formula is C15H15BrOS. The molecule has 0 aliphatic carbocycles. The Morgan fingerprint density at radius 1 is 1.17 bits per heavy atom. The number of aryl methyl sites for hydroxylation is 1. The fourth-order valence-corrected chi connectivity index (χ4v) is 3.03. The molecule has 1 aromatic heterocycles. The van der Waals surface area contributed by atoms with E-state index in [9.17, 15) is 4.79 Å². The molecular weight excluding hydrogens is 308 g/mol. The first-order valence-electron chi connectivity index (χ1n) is 6.03. The number of halogens is 1. The second-order valence-corrected chi connectivity index (χ2v) is 6.13. The lowest BCUT2D eigenvalue weighted by Crippen LogP contribution is -2.03. The molecule has 0 spiro atoms. The van der Waals surface area contributed by atoms with Crippen molar-refractivity contribution in [1.29, 1.82) is 0 Å². The van der Waals surface area contributed by atoms with E-state index >= 15 is 0 Å². The highest BCUT2D eigenvalue weighted by Gasteiger charge is 2.06. The SMILES string of the molecule is O=C(CCCc1cccs1)Cc1ccccc1Br. The Morgan fingerprint density at radius 3 is 2.72 bits per heavy atom. The lowest BCUT2D eigenvalue weighted by Gasteiger charge is -2.03. The number of ketones is 1. The average Bonchev–Trinajstić information content (AvgIpc) is 2.85. The van der Waals surface area contributed by atoms with Gasteiger partial charge < -0.3 is 0 Å². The molecule has 0 amide bonds. The molecule has 2 aromatic rings. The van der Waals surface area contributed by atoms with Crippen LogP contribution in [0.3, 0.4) is 0 Å². The highest BCUT2D eigenvalue weighted by molar-refractivity contribution is 9.10. The Kier molecular flexibility index (Phi) is 5.14. The van der Waals surface area contributed by atoms with Crippen molar-refractivity contribution < 1.29 is 4.79 Å². The first-order chi connectivity index (χ1) is 8.75. The summed E-state index contributed by atoms with van der Waals surface area (Å²) in [6.07, 6.45) is 3.16. The summed E-state index contributed by atoms with van der Waals surface area (Å²) in [4.78, 5) is 13.2. The van der Waals surface area contributed by atoms with Crippen molar-refractivity contribution in [2.75, 3.05) is 0 Å². The Labute approximate surface area is 120 Å². The molecule has 0 unspecified atom stereocenters. The first kappa shape index (κ1) is 13.5. The quantitative estimate of drug-likeness (QED) is 0.756. The summed E-state index contributed by atoms with van der Waals surface area (Å²) >= 11 is 5.24. The first-order valence-corrected chi connectivity index (χ1v) is 7.70. The van der Waals surface area contributed by atoms with Crippen LogP contribution in [-0.2, 0) is 17.6 Å². The van der Waals surface area contributed by atoms with Crippen molar-refractivity contribution in [2.45, 2.75) is 25.7 Å². The fourth-order valence-electron chi connectivity index (χ4n) is 1.86. The molecule has 18 heavy (non-hydrogen) atoms. The van der Waals surface area contributed by atoms with Crippen LogP contribution in [0, 0.1) is 0 Å². The Balaban J connectivity index is 1.77. The normalized spacial score (nSPS) is 10.5. The van der Waals surface area contributed by atoms with Gasteiger partial charge in [-0.2, -0.15) is 0 Å². The largest absolute Gasteiger partial charge is 0.299 e. The molecule has 0 bridgehead atoms. The molecule has 0 N–H and O–H groups in total. The topological polar surface area (TPSA) is 17.1 Å². The van der Waals surface area contributed by atoms with Gasteiger partial charge in [0.05, 0.1) is 0 Å². The molecule has 0 atom stereocenters. The molecule has 0 aliphatic heterocycles.